The minimum atomic E-state index is -0.301. The SMILES string of the molecule is C/C(=N\NC(=O)c1cc(C)n(-c2ccc(F)cc2)c1C)c1ccc(Cl)cc1. The number of rotatable bonds is 4. The Labute approximate surface area is 162 Å². The van der Waals surface area contributed by atoms with Crippen molar-refractivity contribution >= 4 is 23.2 Å². The van der Waals surface area contributed by atoms with Gasteiger partial charge in [-0.3, -0.25) is 4.79 Å². The summed E-state index contributed by atoms with van der Waals surface area (Å²) in [6, 6.07) is 15.2. The number of hydrogen-bond acceptors (Lipinski definition) is 2. The molecule has 1 amide bonds. The molecule has 0 atom stereocenters. The van der Waals surface area contributed by atoms with Crippen LogP contribution >= 0.6 is 11.6 Å². The summed E-state index contributed by atoms with van der Waals surface area (Å²) >= 11 is 5.88. The Bertz CT molecular complexity index is 1010. The van der Waals surface area contributed by atoms with Crippen LogP contribution in [0.4, 0.5) is 4.39 Å². The average Bonchev–Trinajstić information content (AvgIpc) is 2.95. The van der Waals surface area contributed by atoms with Gasteiger partial charge in [-0.25, -0.2) is 9.82 Å². The third-order valence-corrected chi connectivity index (χ3v) is 4.60. The molecule has 0 saturated carbocycles. The van der Waals surface area contributed by atoms with E-state index in [4.69, 9.17) is 11.6 Å². The number of amides is 1. The zero-order valence-corrected chi connectivity index (χ0v) is 16.0. The lowest BCUT2D eigenvalue weighted by atomic mass is 10.1. The maximum atomic E-state index is 13.2. The molecular weight excluding hydrogens is 365 g/mol. The highest BCUT2D eigenvalue weighted by Gasteiger charge is 2.16. The Hall–Kier alpha value is -2.92. The van der Waals surface area contributed by atoms with Crippen LogP contribution in [-0.4, -0.2) is 16.2 Å². The summed E-state index contributed by atoms with van der Waals surface area (Å²) in [5.41, 5.74) is 7.09. The van der Waals surface area contributed by atoms with Gasteiger partial charge < -0.3 is 4.57 Å². The number of nitrogens with zero attached hydrogens (tertiary/aromatic N) is 2. The minimum absolute atomic E-state index is 0.300. The number of hydrogen-bond donors (Lipinski definition) is 1. The third-order valence-electron chi connectivity index (χ3n) is 4.35. The largest absolute Gasteiger partial charge is 0.318 e. The lowest BCUT2D eigenvalue weighted by Gasteiger charge is -2.09. The second-order valence-corrected chi connectivity index (χ2v) is 6.68. The van der Waals surface area contributed by atoms with E-state index >= 15 is 0 Å². The molecule has 0 saturated heterocycles. The van der Waals surface area contributed by atoms with Gasteiger partial charge in [-0.05, 0) is 68.8 Å². The van der Waals surface area contributed by atoms with Crippen LogP contribution in [0.2, 0.25) is 5.02 Å². The number of carbonyl (C=O) groups excluding carboxylic acids is 1. The number of benzene rings is 2. The van der Waals surface area contributed by atoms with Gasteiger partial charge in [0.25, 0.3) is 5.91 Å². The Kier molecular flexibility index (Phi) is 5.42. The van der Waals surface area contributed by atoms with E-state index in [0.29, 0.717) is 16.3 Å². The van der Waals surface area contributed by atoms with Crippen LogP contribution in [0, 0.1) is 19.7 Å². The first kappa shape index (κ1) is 18.9. The zero-order chi connectivity index (χ0) is 19.6. The van der Waals surface area contributed by atoms with Gasteiger partial charge in [-0.2, -0.15) is 5.10 Å². The van der Waals surface area contributed by atoms with Crippen molar-refractivity contribution in [1.29, 1.82) is 0 Å². The highest BCUT2D eigenvalue weighted by Crippen LogP contribution is 2.21. The number of hydrazone groups is 1. The van der Waals surface area contributed by atoms with Crippen molar-refractivity contribution in [3.63, 3.8) is 0 Å². The Morgan fingerprint density at radius 2 is 1.70 bits per heavy atom. The lowest BCUT2D eigenvalue weighted by molar-refractivity contribution is 0.0954. The average molecular weight is 384 g/mol. The van der Waals surface area contributed by atoms with E-state index in [1.54, 1.807) is 30.3 Å². The standard InChI is InChI=1S/C21H19ClFN3O/c1-13-12-20(15(3)26(13)19-10-8-18(23)9-11-19)21(27)25-24-14(2)16-4-6-17(22)7-5-16/h4-12H,1-3H3,(H,25,27)/b24-14+. The fourth-order valence-corrected chi connectivity index (χ4v) is 3.06. The summed E-state index contributed by atoms with van der Waals surface area (Å²) in [6.07, 6.45) is 0. The highest BCUT2D eigenvalue weighted by molar-refractivity contribution is 6.30. The molecule has 0 fully saturated rings. The molecule has 2 aromatic carbocycles. The van der Waals surface area contributed by atoms with Gasteiger partial charge in [-0.15, -0.1) is 0 Å². The van der Waals surface area contributed by atoms with Crippen LogP contribution in [0.25, 0.3) is 5.69 Å². The van der Waals surface area contributed by atoms with Crippen molar-refractivity contribution in [3.05, 3.63) is 88.0 Å². The summed E-state index contributed by atoms with van der Waals surface area (Å²) in [5, 5.41) is 4.82. The molecule has 3 aromatic rings. The summed E-state index contributed by atoms with van der Waals surface area (Å²) in [5.74, 6) is -0.601. The monoisotopic (exact) mass is 383 g/mol. The minimum Gasteiger partial charge on any atom is -0.318 e. The summed E-state index contributed by atoms with van der Waals surface area (Å²) < 4.78 is 15.1. The topological polar surface area (TPSA) is 46.4 Å². The lowest BCUT2D eigenvalue weighted by Crippen LogP contribution is -2.20. The van der Waals surface area contributed by atoms with E-state index in [-0.39, 0.29) is 11.7 Å². The fraction of sp³-hybridized carbons (Fsp3) is 0.143. The first-order valence-corrected chi connectivity index (χ1v) is 8.80. The van der Waals surface area contributed by atoms with E-state index in [9.17, 15) is 9.18 Å². The molecule has 0 aliphatic heterocycles. The van der Waals surface area contributed by atoms with Crippen molar-refractivity contribution in [2.45, 2.75) is 20.8 Å². The molecule has 0 unspecified atom stereocenters. The van der Waals surface area contributed by atoms with Crippen LogP contribution < -0.4 is 5.43 Å². The van der Waals surface area contributed by atoms with Crippen molar-refractivity contribution in [2.24, 2.45) is 5.10 Å². The summed E-state index contributed by atoms with van der Waals surface area (Å²) in [4.78, 5) is 12.6. The maximum Gasteiger partial charge on any atom is 0.273 e. The molecule has 1 aromatic heterocycles. The molecule has 0 spiro atoms. The van der Waals surface area contributed by atoms with Gasteiger partial charge in [0.05, 0.1) is 11.3 Å². The molecule has 138 valence electrons. The molecule has 0 bridgehead atoms. The molecule has 27 heavy (non-hydrogen) atoms. The first-order valence-electron chi connectivity index (χ1n) is 8.42. The summed E-state index contributed by atoms with van der Waals surface area (Å²) in [6.45, 7) is 5.56. The van der Waals surface area contributed by atoms with E-state index in [0.717, 1.165) is 22.6 Å². The van der Waals surface area contributed by atoms with Crippen LogP contribution in [0.3, 0.4) is 0 Å². The van der Waals surface area contributed by atoms with Crippen LogP contribution in [0.1, 0.15) is 34.2 Å². The molecular formula is C21H19ClFN3O. The molecule has 1 N–H and O–H groups in total. The van der Waals surface area contributed by atoms with Crippen LogP contribution in [0.5, 0.6) is 0 Å². The second-order valence-electron chi connectivity index (χ2n) is 6.24. The Morgan fingerprint density at radius 3 is 2.33 bits per heavy atom. The van der Waals surface area contributed by atoms with Crippen molar-refractivity contribution in [1.82, 2.24) is 9.99 Å². The van der Waals surface area contributed by atoms with Crippen molar-refractivity contribution < 1.29 is 9.18 Å². The smallest absolute Gasteiger partial charge is 0.273 e. The number of carbonyl (C=O) groups is 1. The molecule has 1 heterocycles. The normalized spacial score (nSPS) is 11.5. The molecule has 0 radical (unpaired) electrons. The van der Waals surface area contributed by atoms with Gasteiger partial charge in [0, 0.05) is 22.1 Å². The highest BCUT2D eigenvalue weighted by atomic mass is 35.5. The van der Waals surface area contributed by atoms with Gasteiger partial charge in [0.2, 0.25) is 0 Å². The van der Waals surface area contributed by atoms with E-state index in [1.807, 2.05) is 37.5 Å². The molecule has 0 aliphatic carbocycles. The molecule has 3 rings (SSSR count). The third kappa shape index (κ3) is 4.09. The van der Waals surface area contributed by atoms with E-state index in [2.05, 4.69) is 10.5 Å². The number of halogens is 2. The Balaban J connectivity index is 1.83. The van der Waals surface area contributed by atoms with Gasteiger partial charge >= 0.3 is 0 Å². The summed E-state index contributed by atoms with van der Waals surface area (Å²) in [7, 11) is 0. The van der Waals surface area contributed by atoms with Crippen molar-refractivity contribution in [2.75, 3.05) is 0 Å². The predicted molar refractivity (Wildman–Crippen MR) is 106 cm³/mol. The van der Waals surface area contributed by atoms with Crippen LogP contribution in [-0.2, 0) is 0 Å². The van der Waals surface area contributed by atoms with Gasteiger partial charge in [-0.1, -0.05) is 23.7 Å². The van der Waals surface area contributed by atoms with E-state index in [1.165, 1.54) is 12.1 Å². The first-order chi connectivity index (χ1) is 12.9. The van der Waals surface area contributed by atoms with Crippen molar-refractivity contribution in [3.8, 4) is 5.69 Å². The number of aryl methyl sites for hydroxylation is 1. The molecule has 4 nitrogen and oxygen atoms in total. The quantitative estimate of drug-likeness (QED) is 0.498. The molecule has 0 aliphatic rings. The zero-order valence-electron chi connectivity index (χ0n) is 15.3. The van der Waals surface area contributed by atoms with Gasteiger partial charge in [0.1, 0.15) is 5.82 Å². The van der Waals surface area contributed by atoms with E-state index < -0.39 is 0 Å². The number of nitrogens with one attached hydrogen (secondary N) is 1. The number of aromatic nitrogens is 1. The Morgan fingerprint density at radius 1 is 1.07 bits per heavy atom. The molecule has 6 heteroatoms. The predicted octanol–water partition coefficient (Wildman–Crippen LogP) is 5.04. The second kappa shape index (κ2) is 7.76. The fourth-order valence-electron chi connectivity index (χ4n) is 2.93. The van der Waals surface area contributed by atoms with Crippen LogP contribution in [0.15, 0.2) is 59.7 Å². The van der Waals surface area contributed by atoms with Gasteiger partial charge in [0.15, 0.2) is 0 Å². The maximum absolute atomic E-state index is 13.2.